The molecule has 0 bridgehead atoms. The number of carboxylic acids is 1. The van der Waals surface area contributed by atoms with Gasteiger partial charge in [0.15, 0.2) is 0 Å². The largest absolute Gasteiger partial charge is 0.508 e. The van der Waals surface area contributed by atoms with Gasteiger partial charge in [0.2, 0.25) is 23.6 Å². The first-order valence-corrected chi connectivity index (χ1v) is 13.6. The van der Waals surface area contributed by atoms with Crippen LogP contribution in [0.1, 0.15) is 23.1 Å². The van der Waals surface area contributed by atoms with E-state index >= 15 is 0 Å². The van der Waals surface area contributed by atoms with E-state index in [0.29, 0.717) is 11.1 Å². The molecule has 0 saturated heterocycles. The van der Waals surface area contributed by atoms with E-state index in [4.69, 9.17) is 11.5 Å². The highest BCUT2D eigenvalue weighted by Crippen LogP contribution is 2.12. The Hall–Kier alpha value is -5.23. The molecule has 9 N–H and O–H groups in total. The van der Waals surface area contributed by atoms with Gasteiger partial charge in [-0.25, -0.2) is 4.79 Å². The summed E-state index contributed by atoms with van der Waals surface area (Å²) in [6, 6.07) is 18.6. The van der Waals surface area contributed by atoms with E-state index in [9.17, 15) is 34.2 Å². The van der Waals surface area contributed by atoms with Gasteiger partial charge in [-0.3, -0.25) is 19.2 Å². The second-order valence-corrected chi connectivity index (χ2v) is 10.0. The molecule has 12 nitrogen and oxygen atoms in total. The standard InChI is InChI=1S/C31H35N5O7/c32-23(15-19-7-3-1-4-8-19)28(39)34-24(16-20-9-5-2-6-10-20)29(40)35-25(18-27(33)38)30(41)36-26(31(42)43)17-21-11-13-22(37)14-12-21/h1-14,23-26,37H,15-18,32H2,(H2,33,38)(H,34,39)(H,35,40)(H,36,41)(H,42,43). The monoisotopic (exact) mass is 589 g/mol. The number of hydrogen-bond donors (Lipinski definition) is 7. The maximum absolute atomic E-state index is 13.5. The molecule has 0 aliphatic heterocycles. The number of aliphatic carboxylic acids is 1. The van der Waals surface area contributed by atoms with E-state index in [1.54, 1.807) is 30.3 Å². The highest BCUT2D eigenvalue weighted by atomic mass is 16.4. The van der Waals surface area contributed by atoms with Crippen molar-refractivity contribution in [1.29, 1.82) is 0 Å². The van der Waals surface area contributed by atoms with Crippen LogP contribution in [0.25, 0.3) is 0 Å². The van der Waals surface area contributed by atoms with Gasteiger partial charge in [0.25, 0.3) is 0 Å². The number of carboxylic acid groups (broad SMARTS) is 1. The molecule has 0 heterocycles. The normalized spacial score (nSPS) is 13.5. The number of phenolic OH excluding ortho intramolecular Hbond substituents is 1. The molecule has 3 rings (SSSR count). The fourth-order valence-corrected chi connectivity index (χ4v) is 4.32. The first kappa shape index (κ1) is 32.3. The van der Waals surface area contributed by atoms with E-state index in [0.717, 1.165) is 5.56 Å². The van der Waals surface area contributed by atoms with E-state index < -0.39 is 60.2 Å². The summed E-state index contributed by atoms with van der Waals surface area (Å²) in [4.78, 5) is 63.3. The average molecular weight is 590 g/mol. The fraction of sp³-hybridized carbons (Fsp3) is 0.258. The van der Waals surface area contributed by atoms with E-state index in [2.05, 4.69) is 16.0 Å². The second kappa shape index (κ2) is 15.7. The maximum atomic E-state index is 13.5. The molecule has 12 heteroatoms. The van der Waals surface area contributed by atoms with Crippen LogP contribution in [-0.2, 0) is 43.2 Å². The number of rotatable bonds is 15. The van der Waals surface area contributed by atoms with Crippen LogP contribution in [0, 0.1) is 0 Å². The molecular weight excluding hydrogens is 554 g/mol. The Morgan fingerprint density at radius 3 is 1.58 bits per heavy atom. The molecule has 0 saturated carbocycles. The molecule has 4 atom stereocenters. The predicted molar refractivity (Wildman–Crippen MR) is 157 cm³/mol. The molecule has 0 fully saturated rings. The van der Waals surface area contributed by atoms with Gasteiger partial charge in [0.05, 0.1) is 12.5 Å². The summed E-state index contributed by atoms with van der Waals surface area (Å²) in [7, 11) is 0. The number of hydrogen-bond acceptors (Lipinski definition) is 7. The minimum absolute atomic E-state index is 0.0120. The van der Waals surface area contributed by atoms with Crippen molar-refractivity contribution in [2.45, 2.75) is 49.9 Å². The molecule has 226 valence electrons. The van der Waals surface area contributed by atoms with Crippen molar-refractivity contribution in [2.24, 2.45) is 11.5 Å². The summed E-state index contributed by atoms with van der Waals surface area (Å²) in [5, 5.41) is 26.6. The zero-order chi connectivity index (χ0) is 31.4. The zero-order valence-corrected chi connectivity index (χ0v) is 23.3. The number of nitrogens with two attached hydrogens (primary N) is 2. The lowest BCUT2D eigenvalue weighted by molar-refractivity contribution is -0.142. The zero-order valence-electron chi connectivity index (χ0n) is 23.3. The van der Waals surface area contributed by atoms with Gasteiger partial charge in [-0.2, -0.15) is 0 Å². The molecular formula is C31H35N5O7. The number of amides is 4. The lowest BCUT2D eigenvalue weighted by atomic mass is 10.0. The Balaban J connectivity index is 1.76. The van der Waals surface area contributed by atoms with E-state index in [1.165, 1.54) is 24.3 Å². The molecule has 0 spiro atoms. The summed E-state index contributed by atoms with van der Waals surface area (Å²) >= 11 is 0. The molecule has 0 radical (unpaired) electrons. The van der Waals surface area contributed by atoms with Crippen molar-refractivity contribution in [1.82, 2.24) is 16.0 Å². The van der Waals surface area contributed by atoms with Crippen molar-refractivity contribution in [3.8, 4) is 5.75 Å². The molecule has 4 unspecified atom stereocenters. The lowest BCUT2D eigenvalue weighted by Crippen LogP contribution is -2.58. The van der Waals surface area contributed by atoms with Crippen molar-refractivity contribution < 1.29 is 34.2 Å². The predicted octanol–water partition coefficient (Wildman–Crippen LogP) is 0.162. The third kappa shape index (κ3) is 10.6. The molecule has 43 heavy (non-hydrogen) atoms. The SMILES string of the molecule is NC(=O)CC(NC(=O)C(Cc1ccccc1)NC(=O)C(N)Cc1ccccc1)C(=O)NC(Cc1ccc(O)cc1)C(=O)O. The number of benzene rings is 3. The van der Waals surface area contributed by atoms with Gasteiger partial charge in [-0.05, 0) is 35.2 Å². The van der Waals surface area contributed by atoms with Gasteiger partial charge in [-0.15, -0.1) is 0 Å². The summed E-state index contributed by atoms with van der Waals surface area (Å²) in [6.45, 7) is 0. The number of nitrogens with one attached hydrogen (secondary N) is 3. The number of aromatic hydroxyl groups is 1. The fourth-order valence-electron chi connectivity index (χ4n) is 4.32. The van der Waals surface area contributed by atoms with Gasteiger partial charge in [0.1, 0.15) is 23.9 Å². The van der Waals surface area contributed by atoms with Gasteiger partial charge in [0, 0.05) is 12.8 Å². The van der Waals surface area contributed by atoms with Gasteiger partial charge >= 0.3 is 5.97 Å². The summed E-state index contributed by atoms with van der Waals surface area (Å²) in [6.07, 6.45) is -0.496. The number of primary amides is 1. The summed E-state index contributed by atoms with van der Waals surface area (Å²) < 4.78 is 0. The first-order chi connectivity index (χ1) is 20.5. The Bertz CT molecular complexity index is 1400. The second-order valence-electron chi connectivity index (χ2n) is 10.0. The molecule has 0 aliphatic rings. The van der Waals surface area contributed by atoms with Gasteiger partial charge < -0.3 is 37.6 Å². The summed E-state index contributed by atoms with van der Waals surface area (Å²) in [5.41, 5.74) is 13.5. The minimum Gasteiger partial charge on any atom is -0.508 e. The van der Waals surface area contributed by atoms with Crippen molar-refractivity contribution >= 4 is 29.6 Å². The minimum atomic E-state index is -1.53. The lowest BCUT2D eigenvalue weighted by Gasteiger charge is -2.25. The molecule has 0 aliphatic carbocycles. The smallest absolute Gasteiger partial charge is 0.326 e. The van der Waals surface area contributed by atoms with Gasteiger partial charge in [-0.1, -0.05) is 72.8 Å². The molecule has 4 amide bonds. The van der Waals surface area contributed by atoms with E-state index in [1.807, 2.05) is 30.3 Å². The summed E-state index contributed by atoms with van der Waals surface area (Å²) in [5.74, 6) is -4.64. The van der Waals surface area contributed by atoms with Crippen LogP contribution in [0.2, 0.25) is 0 Å². The van der Waals surface area contributed by atoms with Crippen molar-refractivity contribution in [3.05, 3.63) is 102 Å². The Kier molecular flexibility index (Phi) is 11.8. The topological polar surface area (TPSA) is 214 Å². The third-order valence-electron chi connectivity index (χ3n) is 6.58. The van der Waals surface area contributed by atoms with Crippen LogP contribution < -0.4 is 27.4 Å². The molecule has 3 aromatic rings. The van der Waals surface area contributed by atoms with Crippen LogP contribution in [0.4, 0.5) is 0 Å². The quantitative estimate of drug-likeness (QED) is 0.129. The first-order valence-electron chi connectivity index (χ1n) is 13.6. The van der Waals surface area contributed by atoms with Crippen LogP contribution in [0.5, 0.6) is 5.75 Å². The van der Waals surface area contributed by atoms with Crippen LogP contribution in [0.3, 0.4) is 0 Å². The van der Waals surface area contributed by atoms with Crippen molar-refractivity contribution in [3.63, 3.8) is 0 Å². The Morgan fingerprint density at radius 1 is 0.605 bits per heavy atom. The average Bonchev–Trinajstić information content (AvgIpc) is 2.97. The highest BCUT2D eigenvalue weighted by Gasteiger charge is 2.31. The van der Waals surface area contributed by atoms with Crippen LogP contribution >= 0.6 is 0 Å². The number of phenols is 1. The Labute approximate surface area is 248 Å². The molecule has 3 aromatic carbocycles. The number of carbonyl (C=O) groups excluding carboxylic acids is 4. The molecule has 0 aromatic heterocycles. The highest BCUT2D eigenvalue weighted by molar-refractivity contribution is 5.96. The van der Waals surface area contributed by atoms with Crippen LogP contribution in [-0.4, -0.2) is 64.0 Å². The van der Waals surface area contributed by atoms with Crippen LogP contribution in [0.15, 0.2) is 84.9 Å². The van der Waals surface area contributed by atoms with E-state index in [-0.39, 0.29) is 25.0 Å². The van der Waals surface area contributed by atoms with Crippen molar-refractivity contribution in [2.75, 3.05) is 0 Å². The Morgan fingerprint density at radius 2 is 1.05 bits per heavy atom. The third-order valence-corrected chi connectivity index (χ3v) is 6.58. The number of carbonyl (C=O) groups is 5. The maximum Gasteiger partial charge on any atom is 0.326 e.